The summed E-state index contributed by atoms with van der Waals surface area (Å²) in [6.07, 6.45) is 1.48. The standard InChI is InChI=1S/C10H13Br2NO3/c1-8-4-3-6(9(8,2)5-11)10(12,7(8)14)13(15)16/h6H,3-5H2,1-2H3/t6-,8+,9+,10-/m0/s1. The van der Waals surface area contributed by atoms with E-state index in [0.717, 1.165) is 12.8 Å². The molecule has 0 unspecified atom stereocenters. The van der Waals surface area contributed by atoms with E-state index in [1.807, 2.05) is 13.8 Å². The molecule has 0 spiro atoms. The summed E-state index contributed by atoms with van der Waals surface area (Å²) in [6.45, 7) is 3.84. The maximum atomic E-state index is 12.3. The minimum absolute atomic E-state index is 0.230. The fourth-order valence-electron chi connectivity index (χ4n) is 3.40. The van der Waals surface area contributed by atoms with Crippen molar-refractivity contribution in [2.24, 2.45) is 16.7 Å². The maximum absolute atomic E-state index is 12.3. The summed E-state index contributed by atoms with van der Waals surface area (Å²) in [4.78, 5) is 23.1. The predicted molar refractivity (Wildman–Crippen MR) is 66.4 cm³/mol. The summed E-state index contributed by atoms with van der Waals surface area (Å²) in [5, 5.41) is 11.8. The molecule has 0 aromatic carbocycles. The van der Waals surface area contributed by atoms with Crippen LogP contribution < -0.4 is 0 Å². The molecular formula is C10H13Br2NO3. The maximum Gasteiger partial charge on any atom is 0.335 e. The largest absolute Gasteiger partial charge is 0.335 e. The second kappa shape index (κ2) is 3.28. The second-order valence-corrected chi connectivity index (χ2v) is 7.00. The normalized spacial score (nSPS) is 51.0. The van der Waals surface area contributed by atoms with Crippen molar-refractivity contribution in [3.63, 3.8) is 0 Å². The molecule has 2 rings (SSSR count). The Morgan fingerprint density at radius 2 is 2.12 bits per heavy atom. The SMILES string of the molecule is C[C@@]12CC[C@H]([C@](Br)([N+](=O)[O-])C1=O)[C@@]2(C)CBr. The average Bonchev–Trinajstić information content (AvgIpc) is 2.56. The minimum atomic E-state index is -1.57. The molecule has 2 aliphatic carbocycles. The molecule has 4 nitrogen and oxygen atoms in total. The highest BCUT2D eigenvalue weighted by Gasteiger charge is 2.79. The Kier molecular flexibility index (Phi) is 2.56. The van der Waals surface area contributed by atoms with Crippen LogP contribution in [0.15, 0.2) is 0 Å². The Hall–Kier alpha value is 0.0300. The van der Waals surface area contributed by atoms with E-state index < -0.39 is 14.8 Å². The van der Waals surface area contributed by atoms with E-state index in [9.17, 15) is 14.9 Å². The lowest BCUT2D eigenvalue weighted by molar-refractivity contribution is -0.529. The van der Waals surface area contributed by atoms with Crippen LogP contribution in [0.25, 0.3) is 0 Å². The van der Waals surface area contributed by atoms with Crippen LogP contribution >= 0.6 is 31.9 Å². The van der Waals surface area contributed by atoms with E-state index in [-0.39, 0.29) is 17.1 Å². The quantitative estimate of drug-likeness (QED) is 0.331. The summed E-state index contributed by atoms with van der Waals surface area (Å²) >= 11 is 6.54. The fraction of sp³-hybridized carbons (Fsp3) is 0.900. The van der Waals surface area contributed by atoms with Crippen LogP contribution in [0.4, 0.5) is 0 Å². The van der Waals surface area contributed by atoms with Crippen molar-refractivity contribution in [3.8, 4) is 0 Å². The van der Waals surface area contributed by atoms with E-state index in [2.05, 4.69) is 31.9 Å². The first-order chi connectivity index (χ1) is 7.25. The molecule has 0 saturated heterocycles. The van der Waals surface area contributed by atoms with Gasteiger partial charge in [-0.05, 0) is 12.8 Å². The first-order valence-electron chi connectivity index (χ1n) is 5.19. The second-order valence-electron chi connectivity index (χ2n) is 5.23. The van der Waals surface area contributed by atoms with Crippen LogP contribution in [-0.4, -0.2) is 20.5 Å². The lowest BCUT2D eigenvalue weighted by Crippen LogP contribution is -2.47. The molecular weight excluding hydrogens is 342 g/mol. The van der Waals surface area contributed by atoms with Crippen molar-refractivity contribution >= 4 is 37.6 Å². The number of fused-ring (bicyclic) bond motifs is 2. The molecule has 0 heterocycles. The number of halogens is 2. The highest BCUT2D eigenvalue weighted by atomic mass is 79.9. The molecule has 2 fully saturated rings. The average molecular weight is 355 g/mol. The van der Waals surface area contributed by atoms with Gasteiger partial charge in [-0.2, -0.15) is 0 Å². The summed E-state index contributed by atoms with van der Waals surface area (Å²) in [7, 11) is 0. The zero-order valence-corrected chi connectivity index (χ0v) is 12.3. The van der Waals surface area contributed by atoms with Crippen LogP contribution in [-0.2, 0) is 4.79 Å². The third-order valence-electron chi connectivity index (χ3n) is 4.79. The third-order valence-corrected chi connectivity index (χ3v) is 7.15. The highest BCUT2D eigenvalue weighted by Crippen LogP contribution is 2.69. The van der Waals surface area contributed by atoms with Gasteiger partial charge in [0.2, 0.25) is 5.78 Å². The third kappa shape index (κ3) is 1.03. The number of alkyl halides is 2. The summed E-state index contributed by atoms with van der Waals surface area (Å²) in [5.41, 5.74) is -0.918. The lowest BCUT2D eigenvalue weighted by Gasteiger charge is -2.33. The van der Waals surface area contributed by atoms with Gasteiger partial charge in [0.1, 0.15) is 0 Å². The van der Waals surface area contributed by atoms with Crippen LogP contribution in [0.2, 0.25) is 0 Å². The molecule has 16 heavy (non-hydrogen) atoms. The van der Waals surface area contributed by atoms with Gasteiger partial charge in [0.05, 0.1) is 5.92 Å². The Labute approximate surface area is 111 Å². The van der Waals surface area contributed by atoms with Crippen molar-refractivity contribution in [2.45, 2.75) is 31.1 Å². The minimum Gasteiger partial charge on any atom is -0.290 e. The van der Waals surface area contributed by atoms with Crippen LogP contribution in [0, 0.1) is 26.9 Å². The first kappa shape index (κ1) is 12.5. The molecule has 0 aromatic heterocycles. The monoisotopic (exact) mass is 353 g/mol. The number of hydrogen-bond donors (Lipinski definition) is 0. The predicted octanol–water partition coefficient (Wildman–Crippen LogP) is 2.75. The molecule has 4 atom stereocenters. The van der Waals surface area contributed by atoms with E-state index in [1.54, 1.807) is 0 Å². The van der Waals surface area contributed by atoms with E-state index >= 15 is 0 Å². The van der Waals surface area contributed by atoms with E-state index in [1.165, 1.54) is 0 Å². The summed E-state index contributed by atoms with van der Waals surface area (Å²) < 4.78 is -1.57. The van der Waals surface area contributed by atoms with Crippen molar-refractivity contribution in [2.75, 3.05) is 5.33 Å². The van der Waals surface area contributed by atoms with Gasteiger partial charge in [0.25, 0.3) is 0 Å². The summed E-state index contributed by atoms with van der Waals surface area (Å²) in [5.74, 6) is -0.491. The number of carbonyl (C=O) groups is 1. The molecule has 0 aromatic rings. The first-order valence-corrected chi connectivity index (χ1v) is 7.11. The molecule has 0 N–H and O–H groups in total. The van der Waals surface area contributed by atoms with Crippen molar-refractivity contribution in [3.05, 3.63) is 10.1 Å². The lowest BCUT2D eigenvalue weighted by atomic mass is 9.70. The molecule has 6 heteroatoms. The smallest absolute Gasteiger partial charge is 0.290 e. The zero-order valence-electron chi connectivity index (χ0n) is 9.13. The molecule has 0 aliphatic heterocycles. The number of Topliss-reactive ketones (excluding diaryl/α,β-unsaturated/α-hetero) is 1. The molecule has 90 valence electrons. The van der Waals surface area contributed by atoms with Gasteiger partial charge in [0.15, 0.2) is 0 Å². The number of hydrogen-bond acceptors (Lipinski definition) is 3. The number of nitrogens with zero attached hydrogens (tertiary/aromatic N) is 1. The van der Waals surface area contributed by atoms with Crippen LogP contribution in [0.1, 0.15) is 26.7 Å². The van der Waals surface area contributed by atoms with Gasteiger partial charge in [-0.15, -0.1) is 0 Å². The van der Waals surface area contributed by atoms with Gasteiger partial charge in [-0.3, -0.25) is 14.9 Å². The number of nitro groups is 1. The molecule has 0 amide bonds. The van der Waals surface area contributed by atoms with Gasteiger partial charge in [-0.1, -0.05) is 29.8 Å². The van der Waals surface area contributed by atoms with Gasteiger partial charge in [0, 0.05) is 37.0 Å². The van der Waals surface area contributed by atoms with Crippen molar-refractivity contribution in [1.29, 1.82) is 0 Å². The zero-order chi connectivity index (χ0) is 12.4. The number of carbonyl (C=O) groups excluding carboxylic acids is 1. The van der Waals surface area contributed by atoms with Crippen LogP contribution in [0.3, 0.4) is 0 Å². The van der Waals surface area contributed by atoms with E-state index in [4.69, 9.17) is 0 Å². The highest BCUT2D eigenvalue weighted by molar-refractivity contribution is 9.10. The summed E-state index contributed by atoms with van der Waals surface area (Å²) in [6, 6.07) is 0. The Bertz CT molecular complexity index is 388. The Morgan fingerprint density at radius 1 is 1.56 bits per heavy atom. The Balaban J connectivity index is 2.61. The fourth-order valence-corrected chi connectivity index (χ4v) is 5.59. The van der Waals surface area contributed by atoms with Gasteiger partial charge in [-0.25, -0.2) is 0 Å². The van der Waals surface area contributed by atoms with Gasteiger partial charge < -0.3 is 0 Å². The molecule has 2 aliphatic rings. The van der Waals surface area contributed by atoms with Crippen LogP contribution in [0.5, 0.6) is 0 Å². The topological polar surface area (TPSA) is 60.2 Å². The van der Waals surface area contributed by atoms with E-state index in [0.29, 0.717) is 5.33 Å². The Morgan fingerprint density at radius 3 is 2.44 bits per heavy atom. The van der Waals surface area contributed by atoms with Crippen molar-refractivity contribution in [1.82, 2.24) is 0 Å². The molecule has 2 saturated carbocycles. The van der Waals surface area contributed by atoms with Crippen molar-refractivity contribution < 1.29 is 9.72 Å². The van der Waals surface area contributed by atoms with Gasteiger partial charge >= 0.3 is 4.45 Å². The number of ketones is 1. The molecule has 2 bridgehead atoms. The molecule has 0 radical (unpaired) electrons. The number of rotatable bonds is 2.